The van der Waals surface area contributed by atoms with E-state index in [1.807, 2.05) is 17.5 Å². The molecule has 2 aromatic rings. The molecule has 3 heterocycles. The van der Waals surface area contributed by atoms with Crippen LogP contribution in [0.4, 0.5) is 5.69 Å². The number of imide groups is 1. The van der Waals surface area contributed by atoms with Crippen molar-refractivity contribution >= 4 is 46.0 Å². The molecule has 26 heavy (non-hydrogen) atoms. The second-order valence-corrected chi connectivity index (χ2v) is 8.18. The first kappa shape index (κ1) is 17.3. The summed E-state index contributed by atoms with van der Waals surface area (Å²) >= 11 is 7.45. The normalized spacial score (nSPS) is 19.0. The molecule has 0 radical (unpaired) electrons. The van der Waals surface area contributed by atoms with Gasteiger partial charge >= 0.3 is 0 Å². The zero-order chi connectivity index (χ0) is 18.3. The van der Waals surface area contributed by atoms with Gasteiger partial charge in [-0.05, 0) is 54.5 Å². The second-order valence-electron chi connectivity index (χ2n) is 6.79. The number of carbonyl (C=O) groups excluding carboxylic acids is 2. The van der Waals surface area contributed by atoms with E-state index in [-0.39, 0.29) is 11.8 Å². The molecule has 0 saturated carbocycles. The fourth-order valence-electron chi connectivity index (χ4n) is 3.51. The van der Waals surface area contributed by atoms with Crippen molar-refractivity contribution in [2.45, 2.75) is 19.8 Å². The number of benzene rings is 1. The Hall–Kier alpha value is -2.11. The Labute approximate surface area is 161 Å². The fraction of sp³-hybridized carbons (Fsp3) is 0.300. The number of hydrogen-bond donors (Lipinski definition) is 0. The number of piperidine rings is 1. The molecule has 0 atom stereocenters. The Kier molecular flexibility index (Phi) is 4.59. The highest BCUT2D eigenvalue weighted by atomic mass is 35.5. The van der Waals surface area contributed by atoms with Crippen molar-refractivity contribution in [3.8, 4) is 0 Å². The van der Waals surface area contributed by atoms with Crippen LogP contribution in [0.3, 0.4) is 0 Å². The van der Waals surface area contributed by atoms with Gasteiger partial charge in [0.05, 0.1) is 11.3 Å². The van der Waals surface area contributed by atoms with Crippen molar-refractivity contribution in [2.24, 2.45) is 5.92 Å². The summed E-state index contributed by atoms with van der Waals surface area (Å²) in [5.74, 6) is 0.153. The average molecular weight is 387 g/mol. The molecule has 2 amide bonds. The number of carbonyl (C=O) groups is 2. The van der Waals surface area contributed by atoms with Gasteiger partial charge in [0.1, 0.15) is 5.70 Å². The quantitative estimate of drug-likeness (QED) is 0.733. The number of halogens is 1. The van der Waals surface area contributed by atoms with E-state index in [1.54, 1.807) is 24.3 Å². The van der Waals surface area contributed by atoms with Crippen LogP contribution < -0.4 is 4.90 Å². The highest BCUT2D eigenvalue weighted by Gasteiger charge is 2.43. The monoisotopic (exact) mass is 386 g/mol. The van der Waals surface area contributed by atoms with Crippen LogP contribution in [0.15, 0.2) is 47.5 Å². The maximum atomic E-state index is 13.3. The number of likely N-dealkylation sites (tertiary alicyclic amines) is 1. The smallest absolute Gasteiger partial charge is 0.282 e. The van der Waals surface area contributed by atoms with Gasteiger partial charge in [-0.2, -0.15) is 0 Å². The van der Waals surface area contributed by atoms with Crippen molar-refractivity contribution in [3.05, 3.63) is 57.4 Å². The zero-order valence-electron chi connectivity index (χ0n) is 14.4. The average Bonchev–Trinajstić information content (AvgIpc) is 3.23. The predicted octanol–water partition coefficient (Wildman–Crippen LogP) is 4.42. The molecule has 1 aromatic heterocycles. The van der Waals surface area contributed by atoms with E-state index in [0.717, 1.165) is 30.8 Å². The van der Waals surface area contributed by atoms with E-state index in [2.05, 4.69) is 11.8 Å². The van der Waals surface area contributed by atoms with E-state index < -0.39 is 0 Å². The lowest BCUT2D eigenvalue weighted by molar-refractivity contribution is -0.120. The van der Waals surface area contributed by atoms with Gasteiger partial charge in [0, 0.05) is 23.0 Å². The lowest BCUT2D eigenvalue weighted by Crippen LogP contribution is -2.38. The van der Waals surface area contributed by atoms with E-state index in [4.69, 9.17) is 11.6 Å². The van der Waals surface area contributed by atoms with Gasteiger partial charge in [0.15, 0.2) is 0 Å². The van der Waals surface area contributed by atoms with Gasteiger partial charge in [0.25, 0.3) is 11.8 Å². The predicted molar refractivity (Wildman–Crippen MR) is 105 cm³/mol. The first-order valence-corrected chi connectivity index (χ1v) is 9.99. The van der Waals surface area contributed by atoms with E-state index >= 15 is 0 Å². The Balaban J connectivity index is 1.77. The van der Waals surface area contributed by atoms with Crippen LogP contribution in [0.2, 0.25) is 5.02 Å². The Morgan fingerprint density at radius 1 is 1.04 bits per heavy atom. The van der Waals surface area contributed by atoms with Crippen molar-refractivity contribution in [1.29, 1.82) is 0 Å². The maximum absolute atomic E-state index is 13.3. The lowest BCUT2D eigenvalue weighted by Gasteiger charge is -2.32. The SMILES string of the molecule is CC1CCN(C2=C(c3cccs3)C(=O)N(c3ccc(Cl)cc3)C2=O)CC1. The molecule has 0 bridgehead atoms. The molecule has 4 nitrogen and oxygen atoms in total. The van der Waals surface area contributed by atoms with Crippen LogP contribution in [0, 0.1) is 5.92 Å². The molecule has 0 aliphatic carbocycles. The summed E-state index contributed by atoms with van der Waals surface area (Å²) in [5, 5.41) is 2.51. The molecule has 2 aliphatic rings. The number of thiophene rings is 1. The number of rotatable bonds is 3. The second kappa shape index (κ2) is 6.89. The topological polar surface area (TPSA) is 40.6 Å². The van der Waals surface area contributed by atoms with Crippen LogP contribution in [-0.4, -0.2) is 29.8 Å². The molecular formula is C20H19ClN2O2S. The van der Waals surface area contributed by atoms with E-state index in [9.17, 15) is 9.59 Å². The van der Waals surface area contributed by atoms with E-state index in [0.29, 0.717) is 27.9 Å². The molecular weight excluding hydrogens is 368 g/mol. The van der Waals surface area contributed by atoms with Gasteiger partial charge in [-0.25, -0.2) is 4.90 Å². The maximum Gasteiger partial charge on any atom is 0.282 e. The molecule has 0 spiro atoms. The molecule has 1 fully saturated rings. The van der Waals surface area contributed by atoms with Gasteiger partial charge in [-0.15, -0.1) is 11.3 Å². The van der Waals surface area contributed by atoms with Gasteiger partial charge in [0.2, 0.25) is 0 Å². The standard InChI is InChI=1S/C20H19ClN2O2S/c1-13-8-10-22(11-9-13)18-17(16-3-2-12-26-16)19(24)23(20(18)25)15-6-4-14(21)5-7-15/h2-7,12-13H,8-11H2,1H3. The molecule has 0 unspecified atom stereocenters. The molecule has 134 valence electrons. The third-order valence-corrected chi connectivity index (χ3v) is 6.15. The molecule has 1 saturated heterocycles. The minimum atomic E-state index is -0.256. The summed E-state index contributed by atoms with van der Waals surface area (Å²) in [6, 6.07) is 10.6. The van der Waals surface area contributed by atoms with Crippen molar-refractivity contribution in [1.82, 2.24) is 4.90 Å². The summed E-state index contributed by atoms with van der Waals surface area (Å²) < 4.78 is 0. The van der Waals surface area contributed by atoms with Crippen molar-refractivity contribution in [3.63, 3.8) is 0 Å². The molecule has 4 rings (SSSR count). The van der Waals surface area contributed by atoms with Crippen molar-refractivity contribution in [2.75, 3.05) is 18.0 Å². The first-order chi connectivity index (χ1) is 12.6. The van der Waals surface area contributed by atoms with E-state index in [1.165, 1.54) is 16.2 Å². The summed E-state index contributed by atoms with van der Waals surface area (Å²) in [6.45, 7) is 3.84. The number of nitrogens with zero attached hydrogens (tertiary/aromatic N) is 2. The third-order valence-electron chi connectivity index (χ3n) is 5.01. The van der Waals surface area contributed by atoms with Crippen LogP contribution in [0.1, 0.15) is 24.6 Å². The minimum absolute atomic E-state index is 0.240. The number of amides is 2. The number of hydrogen-bond acceptors (Lipinski definition) is 4. The summed E-state index contributed by atoms with van der Waals surface area (Å²) in [7, 11) is 0. The summed E-state index contributed by atoms with van der Waals surface area (Å²) in [4.78, 5) is 30.7. The van der Waals surface area contributed by atoms with Gasteiger partial charge in [-0.3, -0.25) is 9.59 Å². The zero-order valence-corrected chi connectivity index (χ0v) is 16.0. The highest BCUT2D eigenvalue weighted by Crippen LogP contribution is 2.37. The summed E-state index contributed by atoms with van der Waals surface area (Å²) in [5.41, 5.74) is 1.62. The van der Waals surface area contributed by atoms with Crippen molar-refractivity contribution < 1.29 is 9.59 Å². The molecule has 1 aromatic carbocycles. The molecule has 0 N–H and O–H groups in total. The third kappa shape index (κ3) is 2.95. The van der Waals surface area contributed by atoms with Crippen LogP contribution in [0.5, 0.6) is 0 Å². The Morgan fingerprint density at radius 2 is 1.73 bits per heavy atom. The first-order valence-electron chi connectivity index (χ1n) is 8.73. The summed E-state index contributed by atoms with van der Waals surface area (Å²) in [6.07, 6.45) is 2.06. The van der Waals surface area contributed by atoms with Crippen LogP contribution in [0.25, 0.3) is 5.57 Å². The largest absolute Gasteiger partial charge is 0.366 e. The molecule has 6 heteroatoms. The molecule has 2 aliphatic heterocycles. The Bertz CT molecular complexity index is 866. The van der Waals surface area contributed by atoms with Crippen LogP contribution >= 0.6 is 22.9 Å². The fourth-order valence-corrected chi connectivity index (χ4v) is 4.40. The highest BCUT2D eigenvalue weighted by molar-refractivity contribution is 7.11. The minimum Gasteiger partial charge on any atom is -0.366 e. The van der Waals surface area contributed by atoms with Crippen LogP contribution in [-0.2, 0) is 9.59 Å². The van der Waals surface area contributed by atoms with Gasteiger partial charge < -0.3 is 4.90 Å². The number of anilines is 1. The lowest BCUT2D eigenvalue weighted by atomic mass is 9.98. The Morgan fingerprint density at radius 3 is 2.35 bits per heavy atom. The van der Waals surface area contributed by atoms with Gasteiger partial charge in [-0.1, -0.05) is 24.6 Å².